The van der Waals surface area contributed by atoms with Crippen LogP contribution in [0, 0.1) is 0 Å². The summed E-state index contributed by atoms with van der Waals surface area (Å²) in [5.74, 6) is 0.640. The topological polar surface area (TPSA) is 47.4 Å². The summed E-state index contributed by atoms with van der Waals surface area (Å²) in [5.41, 5.74) is -0.742. The number of carbonyl (C=O) groups excluding carboxylic acids is 1. The summed E-state index contributed by atoms with van der Waals surface area (Å²) >= 11 is 1.45. The second-order valence-corrected chi connectivity index (χ2v) is 8.01. The first kappa shape index (κ1) is 19.0. The highest BCUT2D eigenvalue weighted by Gasteiger charge is 2.30. The van der Waals surface area contributed by atoms with Crippen LogP contribution in [0.4, 0.5) is 13.6 Å². The molecule has 1 aromatic rings. The molecular formula is C16H25F2N3O2S. The fourth-order valence-electron chi connectivity index (χ4n) is 2.63. The lowest BCUT2D eigenvalue weighted by molar-refractivity contribution is 0.0125. The van der Waals surface area contributed by atoms with E-state index in [1.165, 1.54) is 22.5 Å². The van der Waals surface area contributed by atoms with Gasteiger partial charge < -0.3 is 9.64 Å². The van der Waals surface area contributed by atoms with Gasteiger partial charge in [-0.15, -0.1) is 11.8 Å². The molecule has 1 atom stereocenters. The summed E-state index contributed by atoms with van der Waals surface area (Å²) in [4.78, 5) is 14.1. The van der Waals surface area contributed by atoms with Crippen LogP contribution in [-0.2, 0) is 11.8 Å². The number of carbonyl (C=O) groups is 1. The molecule has 5 nitrogen and oxygen atoms in total. The Bertz CT molecular complexity index is 572. The van der Waals surface area contributed by atoms with Crippen molar-refractivity contribution in [2.24, 2.45) is 7.05 Å². The third kappa shape index (κ3) is 5.09. The Morgan fingerprint density at radius 1 is 1.46 bits per heavy atom. The van der Waals surface area contributed by atoms with Gasteiger partial charge in [0.1, 0.15) is 11.3 Å². The SMILES string of the molecule is Cn1nc(C(F)F)cc1SCC1CCCCN1C(=O)OC(C)(C)C. The Morgan fingerprint density at radius 3 is 2.75 bits per heavy atom. The van der Waals surface area contributed by atoms with Crippen LogP contribution in [0.25, 0.3) is 0 Å². The number of amides is 1. The van der Waals surface area contributed by atoms with Crippen LogP contribution >= 0.6 is 11.8 Å². The maximum Gasteiger partial charge on any atom is 0.410 e. The largest absolute Gasteiger partial charge is 0.444 e. The van der Waals surface area contributed by atoms with Crippen molar-refractivity contribution in [1.82, 2.24) is 14.7 Å². The summed E-state index contributed by atoms with van der Waals surface area (Å²) in [6.07, 6.45) is 0.0376. The quantitative estimate of drug-likeness (QED) is 0.753. The van der Waals surface area contributed by atoms with Crippen LogP contribution < -0.4 is 0 Å². The summed E-state index contributed by atoms with van der Waals surface area (Å²) in [5, 5.41) is 4.50. The highest BCUT2D eigenvalue weighted by Crippen LogP contribution is 2.28. The summed E-state index contributed by atoms with van der Waals surface area (Å²) < 4.78 is 32.4. The van der Waals surface area contributed by atoms with Crippen LogP contribution in [0.3, 0.4) is 0 Å². The smallest absolute Gasteiger partial charge is 0.410 e. The maximum atomic E-state index is 12.7. The minimum atomic E-state index is -2.57. The van der Waals surface area contributed by atoms with E-state index >= 15 is 0 Å². The molecule has 2 rings (SSSR count). The van der Waals surface area contributed by atoms with E-state index in [0.717, 1.165) is 19.3 Å². The molecule has 1 unspecified atom stereocenters. The number of halogens is 2. The van der Waals surface area contributed by atoms with Crippen molar-refractivity contribution in [1.29, 1.82) is 0 Å². The number of hydrogen-bond donors (Lipinski definition) is 0. The van der Waals surface area contributed by atoms with E-state index in [0.29, 0.717) is 17.3 Å². The molecule has 136 valence electrons. The standard InChI is InChI=1S/C16H25F2N3O2S/c1-16(2,3)23-15(22)21-8-6-5-7-11(21)10-24-13-9-12(14(17)18)19-20(13)4/h9,11,14H,5-8,10H2,1-4H3. The number of nitrogens with zero attached hydrogens (tertiary/aromatic N) is 3. The van der Waals surface area contributed by atoms with E-state index in [1.807, 2.05) is 20.8 Å². The van der Waals surface area contributed by atoms with Gasteiger partial charge in [0.2, 0.25) is 0 Å². The maximum absolute atomic E-state index is 12.7. The van der Waals surface area contributed by atoms with Crippen molar-refractivity contribution in [3.05, 3.63) is 11.8 Å². The van der Waals surface area contributed by atoms with E-state index in [1.54, 1.807) is 11.9 Å². The molecule has 1 aliphatic rings. The van der Waals surface area contributed by atoms with Gasteiger partial charge in [0.05, 0.1) is 5.03 Å². The molecule has 1 aliphatic heterocycles. The van der Waals surface area contributed by atoms with Crippen molar-refractivity contribution in [3.63, 3.8) is 0 Å². The molecule has 8 heteroatoms. The molecule has 0 aromatic carbocycles. The number of likely N-dealkylation sites (tertiary alicyclic amines) is 1. The number of rotatable bonds is 4. The molecule has 1 aromatic heterocycles. The van der Waals surface area contributed by atoms with Gasteiger partial charge in [-0.3, -0.25) is 4.68 Å². The normalized spacial score (nSPS) is 19.0. The number of ether oxygens (including phenoxy) is 1. The summed E-state index contributed by atoms with van der Waals surface area (Å²) in [7, 11) is 1.65. The zero-order valence-electron chi connectivity index (χ0n) is 14.6. The van der Waals surface area contributed by atoms with Crippen LogP contribution in [0.2, 0.25) is 0 Å². The molecule has 24 heavy (non-hydrogen) atoms. The van der Waals surface area contributed by atoms with Gasteiger partial charge in [0.25, 0.3) is 6.43 Å². The summed E-state index contributed by atoms with van der Waals surface area (Å²) in [6.45, 7) is 6.22. The molecule has 1 fully saturated rings. The van der Waals surface area contributed by atoms with Gasteiger partial charge >= 0.3 is 6.09 Å². The van der Waals surface area contributed by atoms with Crippen molar-refractivity contribution in [2.45, 2.75) is 63.1 Å². The third-order valence-corrected chi connectivity index (χ3v) is 4.99. The van der Waals surface area contributed by atoms with E-state index < -0.39 is 12.0 Å². The third-order valence-electron chi connectivity index (χ3n) is 3.76. The Balaban J connectivity index is 2.00. The van der Waals surface area contributed by atoms with Gasteiger partial charge in [-0.05, 0) is 46.1 Å². The zero-order valence-corrected chi connectivity index (χ0v) is 15.4. The molecule has 0 saturated carbocycles. The molecule has 0 bridgehead atoms. The molecule has 0 N–H and O–H groups in total. The van der Waals surface area contributed by atoms with Gasteiger partial charge in [-0.1, -0.05) is 0 Å². The zero-order chi connectivity index (χ0) is 17.9. The lowest BCUT2D eigenvalue weighted by atomic mass is 10.0. The first-order chi connectivity index (χ1) is 11.2. The van der Waals surface area contributed by atoms with E-state index in [2.05, 4.69) is 5.10 Å². The van der Waals surface area contributed by atoms with Crippen molar-refractivity contribution in [2.75, 3.05) is 12.3 Å². The average molecular weight is 361 g/mol. The second kappa shape index (κ2) is 7.72. The highest BCUT2D eigenvalue weighted by atomic mass is 32.2. The van der Waals surface area contributed by atoms with Crippen molar-refractivity contribution < 1.29 is 18.3 Å². The molecule has 1 saturated heterocycles. The number of hydrogen-bond acceptors (Lipinski definition) is 4. The number of thioether (sulfide) groups is 1. The van der Waals surface area contributed by atoms with Crippen LogP contribution in [0.15, 0.2) is 11.1 Å². The first-order valence-corrected chi connectivity index (χ1v) is 9.10. The van der Waals surface area contributed by atoms with Crippen LogP contribution in [-0.4, -0.2) is 44.7 Å². The number of alkyl halides is 2. The fourth-order valence-corrected chi connectivity index (χ4v) is 3.77. The average Bonchev–Trinajstić information content (AvgIpc) is 2.85. The van der Waals surface area contributed by atoms with Crippen LogP contribution in [0.1, 0.15) is 52.2 Å². The second-order valence-electron chi connectivity index (χ2n) is 6.97. The Kier molecular flexibility index (Phi) is 6.11. The van der Waals surface area contributed by atoms with Crippen molar-refractivity contribution >= 4 is 17.9 Å². The number of aryl methyl sites for hydroxylation is 1. The monoisotopic (exact) mass is 361 g/mol. The fraction of sp³-hybridized carbons (Fsp3) is 0.750. The van der Waals surface area contributed by atoms with Crippen molar-refractivity contribution in [3.8, 4) is 0 Å². The van der Waals surface area contributed by atoms with E-state index in [-0.39, 0.29) is 17.8 Å². The molecule has 2 heterocycles. The van der Waals surface area contributed by atoms with Gasteiger partial charge in [-0.2, -0.15) is 5.10 Å². The van der Waals surface area contributed by atoms with E-state index in [9.17, 15) is 13.6 Å². The molecule has 0 aliphatic carbocycles. The number of piperidine rings is 1. The molecule has 1 amide bonds. The van der Waals surface area contributed by atoms with E-state index in [4.69, 9.17) is 4.74 Å². The predicted molar refractivity (Wildman–Crippen MR) is 89.5 cm³/mol. The Hall–Kier alpha value is -1.31. The lowest BCUT2D eigenvalue weighted by Crippen LogP contribution is -2.47. The highest BCUT2D eigenvalue weighted by molar-refractivity contribution is 7.99. The van der Waals surface area contributed by atoms with Gasteiger partial charge in [0.15, 0.2) is 0 Å². The summed E-state index contributed by atoms with van der Waals surface area (Å²) in [6, 6.07) is 1.46. The minimum absolute atomic E-state index is 0.0449. The molecule has 0 radical (unpaired) electrons. The van der Waals surface area contributed by atoms with Crippen LogP contribution in [0.5, 0.6) is 0 Å². The molecule has 0 spiro atoms. The minimum Gasteiger partial charge on any atom is -0.444 e. The Morgan fingerprint density at radius 2 is 2.17 bits per heavy atom. The predicted octanol–water partition coefficient (Wildman–Crippen LogP) is 4.24. The molecular weight excluding hydrogens is 336 g/mol. The number of aromatic nitrogens is 2. The lowest BCUT2D eigenvalue weighted by Gasteiger charge is -2.36. The Labute approximate surface area is 145 Å². The van der Waals surface area contributed by atoms with Gasteiger partial charge in [-0.25, -0.2) is 13.6 Å². The van der Waals surface area contributed by atoms with Gasteiger partial charge in [0, 0.05) is 25.4 Å². The first-order valence-electron chi connectivity index (χ1n) is 8.12.